The molecular weight excluding hydrogens is 481 g/mol. The Hall–Kier alpha value is -3.54. The fourth-order valence-electron chi connectivity index (χ4n) is 2.85. The van der Waals surface area contributed by atoms with Crippen LogP contribution in [0.1, 0.15) is 27.4 Å². The van der Waals surface area contributed by atoms with Crippen LogP contribution in [-0.4, -0.2) is 32.7 Å². The van der Waals surface area contributed by atoms with Crippen molar-refractivity contribution in [3.05, 3.63) is 71.4 Å². The number of anilines is 4. The maximum absolute atomic E-state index is 13.8. The molecule has 1 aromatic heterocycles. The Morgan fingerprint density at radius 2 is 1.71 bits per heavy atom. The van der Waals surface area contributed by atoms with Gasteiger partial charge >= 0.3 is 13.8 Å². The Kier molecular flexibility index (Phi) is 7.20. The van der Waals surface area contributed by atoms with E-state index < -0.39 is 37.0 Å². The molecule has 3 aromatic rings. The van der Waals surface area contributed by atoms with Gasteiger partial charge in [-0.15, -0.1) is 0 Å². The molecule has 1 unspecified atom stereocenters. The first-order valence-electron chi connectivity index (χ1n) is 9.49. The Morgan fingerprint density at radius 3 is 2.29 bits per heavy atom. The van der Waals surface area contributed by atoms with Crippen LogP contribution in [0, 0.1) is 0 Å². The summed E-state index contributed by atoms with van der Waals surface area (Å²) in [6.45, 7) is 0. The minimum atomic E-state index is -4.99. The normalized spacial score (nSPS) is 12.7. The van der Waals surface area contributed by atoms with E-state index in [0.29, 0.717) is 6.20 Å². The molecule has 14 heteroatoms. The number of halogens is 4. The molecule has 1 amide bonds. The molecule has 1 heterocycles. The van der Waals surface area contributed by atoms with Gasteiger partial charge in [0.15, 0.2) is 0 Å². The maximum Gasteiger partial charge on any atom is 0.421 e. The van der Waals surface area contributed by atoms with Crippen LogP contribution in [-0.2, 0) is 10.7 Å². The number of nitrogens with one attached hydrogen (secondary N) is 3. The number of benzene rings is 2. The Balaban J connectivity index is 1.93. The molecule has 34 heavy (non-hydrogen) atoms. The maximum atomic E-state index is 13.8. The zero-order valence-corrected chi connectivity index (χ0v) is 18.2. The number of para-hydroxylation sites is 1. The number of rotatable bonds is 7. The fraction of sp³-hybridized carbons (Fsp3) is 0.150. The highest BCUT2D eigenvalue weighted by molar-refractivity contribution is 7.51. The molecule has 0 radical (unpaired) electrons. The van der Waals surface area contributed by atoms with Crippen LogP contribution in [0.3, 0.4) is 0 Å². The van der Waals surface area contributed by atoms with Gasteiger partial charge in [0.2, 0.25) is 11.9 Å². The van der Waals surface area contributed by atoms with E-state index >= 15 is 0 Å². The molecule has 0 bridgehead atoms. The number of carbonyl (C=O) groups is 1. The summed E-state index contributed by atoms with van der Waals surface area (Å²) in [5.74, 6) is -3.92. The first-order chi connectivity index (χ1) is 15.9. The molecule has 3 rings (SSSR count). The van der Waals surface area contributed by atoms with Gasteiger partial charge in [0.05, 0.1) is 11.3 Å². The zero-order valence-electron chi connectivity index (χ0n) is 17.3. The van der Waals surface area contributed by atoms with Gasteiger partial charge in [0.1, 0.15) is 11.4 Å². The van der Waals surface area contributed by atoms with Crippen molar-refractivity contribution in [3.8, 4) is 0 Å². The van der Waals surface area contributed by atoms with Crippen LogP contribution < -0.4 is 16.0 Å². The number of amides is 1. The van der Waals surface area contributed by atoms with Crippen molar-refractivity contribution in [2.24, 2.45) is 0 Å². The first-order valence-corrected chi connectivity index (χ1v) is 11.2. The second-order valence-corrected chi connectivity index (χ2v) is 8.51. The number of hydrogen-bond acceptors (Lipinski definition) is 6. The van der Waals surface area contributed by atoms with Crippen LogP contribution >= 0.6 is 7.60 Å². The van der Waals surface area contributed by atoms with E-state index in [2.05, 4.69) is 25.9 Å². The van der Waals surface area contributed by atoms with Crippen molar-refractivity contribution in [1.82, 2.24) is 15.3 Å². The molecular formula is C20H18F4N5O4P. The quantitative estimate of drug-likeness (QED) is 0.237. The lowest BCUT2D eigenvalue weighted by Gasteiger charge is -2.16. The minimum Gasteiger partial charge on any atom is -0.355 e. The van der Waals surface area contributed by atoms with Crippen molar-refractivity contribution >= 4 is 36.6 Å². The topological polar surface area (TPSA) is 136 Å². The number of hydrogen-bond donors (Lipinski definition) is 5. The Bertz CT molecular complexity index is 1230. The van der Waals surface area contributed by atoms with Gasteiger partial charge in [-0.2, -0.15) is 18.2 Å². The number of alkyl halides is 4. The van der Waals surface area contributed by atoms with Crippen molar-refractivity contribution < 1.29 is 36.7 Å². The summed E-state index contributed by atoms with van der Waals surface area (Å²) in [6.07, 6.45) is -4.25. The highest BCUT2D eigenvalue weighted by atomic mass is 31.2. The highest BCUT2D eigenvalue weighted by Crippen LogP contribution is 2.52. The predicted molar refractivity (Wildman–Crippen MR) is 116 cm³/mol. The van der Waals surface area contributed by atoms with E-state index in [1.165, 1.54) is 37.4 Å². The lowest BCUT2D eigenvalue weighted by Crippen LogP contribution is -2.20. The van der Waals surface area contributed by atoms with Gasteiger partial charge in [-0.1, -0.05) is 24.3 Å². The lowest BCUT2D eigenvalue weighted by atomic mass is 10.1. The SMILES string of the molecule is CNC(=O)c1ccccc1Nc1nc(Nc2ccc(C(F)P(=O)(O)O)cc2)ncc1C(F)(F)F. The second kappa shape index (κ2) is 9.75. The van der Waals surface area contributed by atoms with E-state index in [0.717, 1.165) is 12.1 Å². The third kappa shape index (κ3) is 5.87. The van der Waals surface area contributed by atoms with Crippen molar-refractivity contribution in [2.45, 2.75) is 12.1 Å². The third-order valence-corrected chi connectivity index (χ3v) is 5.37. The second-order valence-electron chi connectivity index (χ2n) is 6.88. The summed E-state index contributed by atoms with van der Waals surface area (Å²) < 4.78 is 65.4. The van der Waals surface area contributed by atoms with E-state index in [9.17, 15) is 26.9 Å². The van der Waals surface area contributed by atoms with Crippen LogP contribution in [0.15, 0.2) is 54.7 Å². The van der Waals surface area contributed by atoms with Gasteiger partial charge < -0.3 is 25.7 Å². The average Bonchev–Trinajstić information content (AvgIpc) is 2.78. The Morgan fingerprint density at radius 1 is 1.06 bits per heavy atom. The number of nitrogens with zero attached hydrogens (tertiary/aromatic N) is 2. The average molecular weight is 499 g/mol. The molecule has 5 N–H and O–H groups in total. The number of aromatic nitrogens is 2. The summed E-state index contributed by atoms with van der Waals surface area (Å²) in [5.41, 5.74) is -1.07. The van der Waals surface area contributed by atoms with Crippen molar-refractivity contribution in [2.75, 3.05) is 17.7 Å². The molecule has 0 aliphatic carbocycles. The summed E-state index contributed by atoms with van der Waals surface area (Å²) in [5, 5.41) is 7.55. The largest absolute Gasteiger partial charge is 0.421 e. The van der Waals surface area contributed by atoms with Gasteiger partial charge in [-0.05, 0) is 29.8 Å². The standard InChI is InChI=1S/C20H18F4N5O4P/c1-25-18(30)13-4-2-3-5-15(13)28-17-14(20(22,23)24)10-26-19(29-17)27-12-8-6-11(7-9-12)16(21)34(31,32)33/h2-10,16H,1H3,(H,25,30)(H2,31,32,33)(H2,26,27,28,29). The predicted octanol–water partition coefficient (Wildman–Crippen LogP) is 4.49. The molecule has 0 aliphatic rings. The molecule has 180 valence electrons. The third-order valence-electron chi connectivity index (χ3n) is 4.48. The summed E-state index contributed by atoms with van der Waals surface area (Å²) >= 11 is 0. The van der Waals surface area contributed by atoms with E-state index in [1.54, 1.807) is 6.07 Å². The highest BCUT2D eigenvalue weighted by Gasteiger charge is 2.36. The Labute approximate surface area is 190 Å². The van der Waals surface area contributed by atoms with Crippen molar-refractivity contribution in [3.63, 3.8) is 0 Å². The zero-order chi connectivity index (χ0) is 25.1. The molecule has 0 saturated heterocycles. The first kappa shape index (κ1) is 25.1. The summed E-state index contributed by atoms with van der Waals surface area (Å²) in [7, 11) is -3.61. The molecule has 0 fully saturated rings. The van der Waals surface area contributed by atoms with Crippen LogP contribution in [0.5, 0.6) is 0 Å². The van der Waals surface area contributed by atoms with Gasteiger partial charge in [-0.25, -0.2) is 9.37 Å². The minimum absolute atomic E-state index is 0.0766. The van der Waals surface area contributed by atoms with Gasteiger partial charge in [0.25, 0.3) is 5.91 Å². The molecule has 0 aliphatic heterocycles. The lowest BCUT2D eigenvalue weighted by molar-refractivity contribution is -0.137. The molecule has 2 aromatic carbocycles. The van der Waals surface area contributed by atoms with Crippen molar-refractivity contribution in [1.29, 1.82) is 0 Å². The van der Waals surface area contributed by atoms with E-state index in [-0.39, 0.29) is 28.5 Å². The molecule has 1 atom stereocenters. The summed E-state index contributed by atoms with van der Waals surface area (Å²) in [4.78, 5) is 37.4. The number of carbonyl (C=O) groups excluding carboxylic acids is 1. The molecule has 0 spiro atoms. The van der Waals surface area contributed by atoms with Gasteiger partial charge in [-0.3, -0.25) is 9.36 Å². The summed E-state index contributed by atoms with van der Waals surface area (Å²) in [6, 6.07) is 10.6. The van der Waals surface area contributed by atoms with E-state index in [1.807, 2.05) is 0 Å². The van der Waals surface area contributed by atoms with Crippen LogP contribution in [0.2, 0.25) is 0 Å². The molecule has 9 nitrogen and oxygen atoms in total. The monoisotopic (exact) mass is 499 g/mol. The smallest absolute Gasteiger partial charge is 0.355 e. The fourth-order valence-corrected chi connectivity index (χ4v) is 3.41. The molecule has 0 saturated carbocycles. The van der Waals surface area contributed by atoms with E-state index in [4.69, 9.17) is 9.79 Å². The van der Waals surface area contributed by atoms with Crippen LogP contribution in [0.25, 0.3) is 0 Å². The van der Waals surface area contributed by atoms with Crippen LogP contribution in [0.4, 0.5) is 40.7 Å². The van der Waals surface area contributed by atoms with Gasteiger partial charge in [0, 0.05) is 18.9 Å².